The summed E-state index contributed by atoms with van der Waals surface area (Å²) < 4.78 is 13.4. The van der Waals surface area contributed by atoms with E-state index in [0.717, 1.165) is 0 Å². The molecule has 0 aliphatic heterocycles. The molecule has 0 saturated carbocycles. The van der Waals surface area contributed by atoms with Crippen LogP contribution in [0.15, 0.2) is 22.7 Å². The normalized spacial score (nSPS) is 10.5. The summed E-state index contributed by atoms with van der Waals surface area (Å²) in [5, 5.41) is 2.73. The Morgan fingerprint density at radius 1 is 1.40 bits per heavy atom. The Morgan fingerprint density at radius 3 is 2.55 bits per heavy atom. The van der Waals surface area contributed by atoms with Crippen molar-refractivity contribution in [3.63, 3.8) is 0 Å². The number of nitrogens with zero attached hydrogens (tertiary/aromatic N) is 1. The first kappa shape index (κ1) is 16.6. The molecule has 0 bridgehead atoms. The van der Waals surface area contributed by atoms with Gasteiger partial charge in [0.25, 0.3) is 5.91 Å². The fourth-order valence-electron chi connectivity index (χ4n) is 1.70. The van der Waals surface area contributed by atoms with Gasteiger partial charge in [-0.05, 0) is 54.9 Å². The van der Waals surface area contributed by atoms with Crippen molar-refractivity contribution in [3.8, 4) is 0 Å². The number of hydrogen-bond donors (Lipinski definition) is 1. The second-order valence-corrected chi connectivity index (χ2v) is 5.52. The van der Waals surface area contributed by atoms with E-state index in [0.29, 0.717) is 16.6 Å². The fraction of sp³-hybridized carbons (Fsp3) is 0.429. The molecule has 0 aromatic heterocycles. The Balaban J connectivity index is 2.84. The van der Waals surface area contributed by atoms with Gasteiger partial charge in [0.1, 0.15) is 5.82 Å². The van der Waals surface area contributed by atoms with E-state index >= 15 is 0 Å². The monoisotopic (exact) mass is 344 g/mol. The molecule has 2 amide bonds. The molecule has 1 N–H and O–H groups in total. The molecule has 110 valence electrons. The molecule has 0 heterocycles. The number of halogens is 2. The maximum absolute atomic E-state index is 13.0. The number of benzene rings is 1. The first-order valence-electron chi connectivity index (χ1n) is 6.38. The van der Waals surface area contributed by atoms with Crippen LogP contribution in [0.1, 0.15) is 31.1 Å². The first-order chi connectivity index (χ1) is 9.35. The maximum atomic E-state index is 13.0. The number of carbonyl (C=O) groups is 2. The van der Waals surface area contributed by atoms with E-state index < -0.39 is 5.82 Å². The zero-order valence-electron chi connectivity index (χ0n) is 11.7. The lowest BCUT2D eigenvalue weighted by molar-refractivity contribution is -0.122. The van der Waals surface area contributed by atoms with E-state index in [1.165, 1.54) is 23.1 Å². The first-order valence-corrected chi connectivity index (χ1v) is 7.18. The Labute approximate surface area is 126 Å². The summed E-state index contributed by atoms with van der Waals surface area (Å²) in [7, 11) is 0. The van der Waals surface area contributed by atoms with E-state index in [2.05, 4.69) is 21.2 Å². The summed E-state index contributed by atoms with van der Waals surface area (Å²) in [5.74, 6) is -0.944. The molecule has 0 radical (unpaired) electrons. The third-order valence-electron chi connectivity index (χ3n) is 2.61. The van der Waals surface area contributed by atoms with Crippen LogP contribution in [0, 0.1) is 5.82 Å². The number of nitrogens with one attached hydrogen (secondary N) is 1. The molecule has 0 spiro atoms. The zero-order chi connectivity index (χ0) is 15.3. The minimum Gasteiger partial charge on any atom is -0.352 e. The highest BCUT2D eigenvalue weighted by Gasteiger charge is 2.19. The Hall–Kier alpha value is -1.43. The molecule has 20 heavy (non-hydrogen) atoms. The molecule has 0 atom stereocenters. The van der Waals surface area contributed by atoms with Crippen molar-refractivity contribution in [1.82, 2.24) is 10.2 Å². The van der Waals surface area contributed by atoms with E-state index in [9.17, 15) is 14.0 Å². The summed E-state index contributed by atoms with van der Waals surface area (Å²) in [4.78, 5) is 25.5. The zero-order valence-corrected chi connectivity index (χ0v) is 13.3. The van der Waals surface area contributed by atoms with Crippen LogP contribution in [0.2, 0.25) is 0 Å². The highest BCUT2D eigenvalue weighted by molar-refractivity contribution is 9.10. The van der Waals surface area contributed by atoms with Crippen molar-refractivity contribution < 1.29 is 14.0 Å². The molecule has 1 rings (SSSR count). The Kier molecular flexibility index (Phi) is 6.13. The molecule has 1 aromatic carbocycles. The lowest BCUT2D eigenvalue weighted by Crippen LogP contribution is -2.42. The predicted octanol–water partition coefficient (Wildman–Crippen LogP) is 2.57. The lowest BCUT2D eigenvalue weighted by Gasteiger charge is -2.21. The van der Waals surface area contributed by atoms with Gasteiger partial charge in [-0.15, -0.1) is 0 Å². The van der Waals surface area contributed by atoms with Crippen molar-refractivity contribution in [2.24, 2.45) is 0 Å². The van der Waals surface area contributed by atoms with Crippen molar-refractivity contribution in [2.45, 2.75) is 26.8 Å². The van der Waals surface area contributed by atoms with Crippen LogP contribution < -0.4 is 5.32 Å². The smallest absolute Gasteiger partial charge is 0.255 e. The van der Waals surface area contributed by atoms with Gasteiger partial charge in [0.15, 0.2) is 0 Å². The van der Waals surface area contributed by atoms with Gasteiger partial charge in [0.2, 0.25) is 5.91 Å². The fourth-order valence-corrected chi connectivity index (χ4v) is 2.22. The van der Waals surface area contributed by atoms with Crippen LogP contribution in [0.4, 0.5) is 4.39 Å². The molecule has 6 heteroatoms. The van der Waals surface area contributed by atoms with E-state index in [1.807, 2.05) is 13.8 Å². The second kappa shape index (κ2) is 7.38. The van der Waals surface area contributed by atoms with Crippen LogP contribution in [0.3, 0.4) is 0 Å². The average molecular weight is 345 g/mol. The number of carbonyl (C=O) groups excluding carboxylic acids is 2. The van der Waals surface area contributed by atoms with Crippen molar-refractivity contribution in [3.05, 3.63) is 34.1 Å². The van der Waals surface area contributed by atoms with Gasteiger partial charge in [-0.2, -0.15) is 0 Å². The molecule has 1 aromatic rings. The maximum Gasteiger partial charge on any atom is 0.255 e. The minimum atomic E-state index is -0.422. The van der Waals surface area contributed by atoms with Crippen molar-refractivity contribution in [2.75, 3.05) is 13.1 Å². The molecule has 0 fully saturated rings. The van der Waals surface area contributed by atoms with E-state index in [-0.39, 0.29) is 24.4 Å². The number of amides is 2. The third-order valence-corrected chi connectivity index (χ3v) is 3.27. The minimum absolute atomic E-state index is 0.0165. The van der Waals surface area contributed by atoms with Crippen LogP contribution in [-0.2, 0) is 4.79 Å². The van der Waals surface area contributed by atoms with Gasteiger partial charge in [0, 0.05) is 17.1 Å². The molecule has 0 aliphatic carbocycles. The SMILES string of the molecule is CCN(CC(=O)NC(C)C)C(=O)c1ccc(F)cc1Br. The van der Waals surface area contributed by atoms with Gasteiger partial charge in [-0.25, -0.2) is 4.39 Å². The number of rotatable bonds is 5. The second-order valence-electron chi connectivity index (χ2n) is 4.67. The summed E-state index contributed by atoms with van der Waals surface area (Å²) in [6.45, 7) is 5.88. The average Bonchev–Trinajstić information content (AvgIpc) is 2.34. The highest BCUT2D eigenvalue weighted by Crippen LogP contribution is 2.19. The summed E-state index contributed by atoms with van der Waals surface area (Å²) in [5.41, 5.74) is 0.339. The molecule has 0 saturated heterocycles. The van der Waals surface area contributed by atoms with Gasteiger partial charge >= 0.3 is 0 Å². The van der Waals surface area contributed by atoms with Crippen LogP contribution in [0.5, 0.6) is 0 Å². The van der Waals surface area contributed by atoms with E-state index in [4.69, 9.17) is 0 Å². The number of hydrogen-bond acceptors (Lipinski definition) is 2. The third kappa shape index (κ3) is 4.59. The number of likely N-dealkylation sites (N-methyl/N-ethyl adjacent to an activating group) is 1. The van der Waals surface area contributed by atoms with E-state index in [1.54, 1.807) is 6.92 Å². The van der Waals surface area contributed by atoms with Gasteiger partial charge in [-0.3, -0.25) is 9.59 Å². The molecule has 4 nitrogen and oxygen atoms in total. The molecule has 0 aliphatic rings. The van der Waals surface area contributed by atoms with Crippen LogP contribution in [0.25, 0.3) is 0 Å². The van der Waals surface area contributed by atoms with Crippen molar-refractivity contribution >= 4 is 27.7 Å². The predicted molar refractivity (Wildman–Crippen MR) is 79.0 cm³/mol. The quantitative estimate of drug-likeness (QED) is 0.892. The Bertz CT molecular complexity index is 506. The molecular weight excluding hydrogens is 327 g/mol. The molecular formula is C14H18BrFN2O2. The molecule has 0 unspecified atom stereocenters. The standard InChI is InChI=1S/C14H18BrFN2O2/c1-4-18(8-13(19)17-9(2)3)14(20)11-6-5-10(16)7-12(11)15/h5-7,9H,4,8H2,1-3H3,(H,17,19). The van der Waals surface area contributed by atoms with Gasteiger partial charge < -0.3 is 10.2 Å². The van der Waals surface area contributed by atoms with Crippen molar-refractivity contribution in [1.29, 1.82) is 0 Å². The largest absolute Gasteiger partial charge is 0.352 e. The summed E-state index contributed by atoms with van der Waals surface area (Å²) in [6.07, 6.45) is 0. The lowest BCUT2D eigenvalue weighted by atomic mass is 10.2. The topological polar surface area (TPSA) is 49.4 Å². The summed E-state index contributed by atoms with van der Waals surface area (Å²) in [6, 6.07) is 3.88. The van der Waals surface area contributed by atoms with Crippen LogP contribution in [-0.4, -0.2) is 35.8 Å². The Morgan fingerprint density at radius 2 is 2.05 bits per heavy atom. The van der Waals surface area contributed by atoms with Crippen LogP contribution >= 0.6 is 15.9 Å². The van der Waals surface area contributed by atoms with Gasteiger partial charge in [0.05, 0.1) is 12.1 Å². The van der Waals surface area contributed by atoms with Gasteiger partial charge in [-0.1, -0.05) is 0 Å². The highest BCUT2D eigenvalue weighted by atomic mass is 79.9. The summed E-state index contributed by atoms with van der Waals surface area (Å²) >= 11 is 3.16.